The molecule has 1 saturated heterocycles. The van der Waals surface area contributed by atoms with Gasteiger partial charge in [-0.15, -0.1) is 11.8 Å². The maximum atomic E-state index is 15.1. The summed E-state index contributed by atoms with van der Waals surface area (Å²) < 4.78 is 15.1. The van der Waals surface area contributed by atoms with Gasteiger partial charge in [-0.25, -0.2) is 9.18 Å². The van der Waals surface area contributed by atoms with Crippen molar-refractivity contribution in [3.8, 4) is 0 Å². The minimum atomic E-state index is -1.30. The van der Waals surface area contributed by atoms with Crippen LogP contribution in [-0.4, -0.2) is 79.2 Å². The average molecular weight is 393 g/mol. The fraction of sp³-hybridized carbons (Fsp3) is 0.474. The monoisotopic (exact) mass is 393 g/mol. The van der Waals surface area contributed by atoms with Gasteiger partial charge in [0.05, 0.1) is 5.69 Å². The summed E-state index contributed by atoms with van der Waals surface area (Å²) in [5.41, 5.74) is 0.254. The highest BCUT2D eigenvalue weighted by atomic mass is 32.2. The Kier molecular flexibility index (Phi) is 6.06. The van der Waals surface area contributed by atoms with Gasteiger partial charge in [0.15, 0.2) is 0 Å². The Bertz CT molecular complexity index is 784. The van der Waals surface area contributed by atoms with E-state index < -0.39 is 17.6 Å². The molecule has 0 aromatic heterocycles. The van der Waals surface area contributed by atoms with Gasteiger partial charge in [0, 0.05) is 55.6 Å². The van der Waals surface area contributed by atoms with Crippen LogP contribution in [0.1, 0.15) is 16.8 Å². The molecule has 1 fully saturated rings. The molecule has 3 rings (SSSR count). The summed E-state index contributed by atoms with van der Waals surface area (Å²) in [5, 5.41) is 9.39. The number of aliphatic carboxylic acids is 1. The molecular weight excluding hydrogens is 369 g/mol. The van der Waals surface area contributed by atoms with E-state index in [-0.39, 0.29) is 11.1 Å². The molecule has 2 aliphatic rings. The minimum absolute atomic E-state index is 0.0784. The van der Waals surface area contributed by atoms with E-state index in [1.807, 2.05) is 4.90 Å². The van der Waals surface area contributed by atoms with Crippen LogP contribution in [0.25, 0.3) is 0 Å². The quantitative estimate of drug-likeness (QED) is 0.773. The van der Waals surface area contributed by atoms with Gasteiger partial charge in [0.2, 0.25) is 5.78 Å². The van der Waals surface area contributed by atoms with E-state index in [0.29, 0.717) is 29.4 Å². The van der Waals surface area contributed by atoms with E-state index in [9.17, 15) is 14.7 Å². The smallest absolute Gasteiger partial charge is 0.341 e. The summed E-state index contributed by atoms with van der Waals surface area (Å²) in [5.74, 6) is -1.77. The van der Waals surface area contributed by atoms with Gasteiger partial charge in [-0.1, -0.05) is 0 Å². The van der Waals surface area contributed by atoms with Gasteiger partial charge in [-0.2, -0.15) is 0 Å². The number of halogens is 1. The van der Waals surface area contributed by atoms with Crippen molar-refractivity contribution in [1.82, 2.24) is 9.80 Å². The molecule has 2 bridgehead atoms. The van der Waals surface area contributed by atoms with Gasteiger partial charge >= 0.3 is 5.97 Å². The molecule has 0 saturated carbocycles. The molecule has 6 nitrogen and oxygen atoms in total. The number of carbonyl (C=O) groups is 2. The lowest BCUT2D eigenvalue weighted by Gasteiger charge is -2.27. The van der Waals surface area contributed by atoms with Crippen molar-refractivity contribution in [2.75, 3.05) is 57.5 Å². The van der Waals surface area contributed by atoms with Crippen LogP contribution in [0, 0.1) is 5.82 Å². The summed E-state index contributed by atoms with van der Waals surface area (Å²) in [4.78, 5) is 30.8. The van der Waals surface area contributed by atoms with E-state index in [2.05, 4.69) is 11.9 Å². The third-order valence-electron chi connectivity index (χ3n) is 4.85. The number of rotatable bonds is 2. The van der Waals surface area contributed by atoms with Crippen molar-refractivity contribution in [2.45, 2.75) is 11.3 Å². The molecule has 0 spiro atoms. The van der Waals surface area contributed by atoms with Crippen molar-refractivity contribution in [3.63, 3.8) is 0 Å². The molecular formula is C19H24FN3O3S. The number of ketones is 1. The number of anilines is 1. The molecule has 0 aliphatic carbocycles. The Hall–Kier alpha value is -2.06. The predicted molar refractivity (Wildman–Crippen MR) is 104 cm³/mol. The van der Waals surface area contributed by atoms with Crippen LogP contribution >= 0.6 is 11.8 Å². The molecule has 2 heterocycles. The maximum absolute atomic E-state index is 15.1. The van der Waals surface area contributed by atoms with Gasteiger partial charge in [-0.3, -0.25) is 4.79 Å². The number of nitrogens with zero attached hydrogens (tertiary/aromatic N) is 3. The van der Waals surface area contributed by atoms with Crippen molar-refractivity contribution in [2.24, 2.45) is 0 Å². The summed E-state index contributed by atoms with van der Waals surface area (Å²) in [7, 11) is 3.79. The second-order valence-corrected chi connectivity index (χ2v) is 8.09. The van der Waals surface area contributed by atoms with Gasteiger partial charge < -0.3 is 19.8 Å². The first-order chi connectivity index (χ1) is 12.9. The Morgan fingerprint density at radius 2 is 1.93 bits per heavy atom. The zero-order valence-corrected chi connectivity index (χ0v) is 16.4. The molecule has 2 aliphatic heterocycles. The summed E-state index contributed by atoms with van der Waals surface area (Å²) in [6, 6.07) is 2.82. The van der Waals surface area contributed by atoms with Gasteiger partial charge in [0.1, 0.15) is 11.4 Å². The van der Waals surface area contributed by atoms with Crippen LogP contribution in [0.4, 0.5) is 10.1 Å². The first-order valence-electron chi connectivity index (χ1n) is 8.96. The van der Waals surface area contributed by atoms with Gasteiger partial charge in [0.25, 0.3) is 0 Å². The Morgan fingerprint density at radius 1 is 1.15 bits per heavy atom. The maximum Gasteiger partial charge on any atom is 0.341 e. The standard InChI is InChI=1S/C19H24FN3O3S/c1-21-4-3-5-23(7-6-21)17-15(20)10-13-11-16(17)27-9-8-22(2)12-14(18(13)24)19(25)26/h10-12H,3-9H2,1-2H3,(H,25,26)/b14-12+. The van der Waals surface area contributed by atoms with E-state index >= 15 is 4.39 Å². The van der Waals surface area contributed by atoms with E-state index in [0.717, 1.165) is 26.1 Å². The van der Waals surface area contributed by atoms with E-state index in [1.54, 1.807) is 18.0 Å². The predicted octanol–water partition coefficient (Wildman–Crippen LogP) is 2.16. The third kappa shape index (κ3) is 4.44. The average Bonchev–Trinajstić information content (AvgIpc) is 2.82. The van der Waals surface area contributed by atoms with Gasteiger partial charge in [-0.05, 0) is 32.1 Å². The van der Waals surface area contributed by atoms with Crippen LogP contribution in [0.3, 0.4) is 0 Å². The van der Waals surface area contributed by atoms with Crippen molar-refractivity contribution < 1.29 is 19.1 Å². The summed E-state index contributed by atoms with van der Waals surface area (Å²) >= 11 is 1.50. The summed E-state index contributed by atoms with van der Waals surface area (Å²) in [6.07, 6.45) is 2.27. The highest BCUT2D eigenvalue weighted by Crippen LogP contribution is 2.35. The molecule has 1 aromatic carbocycles. The molecule has 1 N–H and O–H groups in total. The lowest BCUT2D eigenvalue weighted by molar-refractivity contribution is -0.132. The Morgan fingerprint density at radius 3 is 2.67 bits per heavy atom. The number of Topliss-reactive ketones (excluding diaryl/α,β-unsaturated/α-hetero) is 1. The lowest BCUT2D eigenvalue weighted by atomic mass is 10.0. The zero-order valence-electron chi connectivity index (χ0n) is 15.6. The second-order valence-electron chi connectivity index (χ2n) is 6.95. The molecule has 0 atom stereocenters. The molecule has 1 aromatic rings. The molecule has 0 unspecified atom stereocenters. The Balaban J connectivity index is 2.04. The molecule has 0 radical (unpaired) electrons. The zero-order chi connectivity index (χ0) is 19.6. The number of thioether (sulfide) groups is 1. The molecule has 0 amide bonds. The molecule has 146 valence electrons. The third-order valence-corrected chi connectivity index (χ3v) is 5.86. The molecule has 27 heavy (non-hydrogen) atoms. The van der Waals surface area contributed by atoms with Crippen molar-refractivity contribution >= 4 is 29.2 Å². The normalized spacial score (nSPS) is 21.4. The first-order valence-corrected chi connectivity index (χ1v) is 9.95. The lowest BCUT2D eigenvalue weighted by Crippen LogP contribution is -2.30. The summed E-state index contributed by atoms with van der Waals surface area (Å²) in [6.45, 7) is 3.84. The highest BCUT2D eigenvalue weighted by molar-refractivity contribution is 7.99. The fourth-order valence-corrected chi connectivity index (χ4v) is 4.52. The van der Waals surface area contributed by atoms with Crippen LogP contribution in [0.5, 0.6) is 0 Å². The number of benzene rings is 1. The largest absolute Gasteiger partial charge is 0.477 e. The van der Waals surface area contributed by atoms with Crippen LogP contribution in [-0.2, 0) is 4.79 Å². The van der Waals surface area contributed by atoms with Crippen molar-refractivity contribution in [1.29, 1.82) is 0 Å². The number of hydrogen-bond acceptors (Lipinski definition) is 6. The fourth-order valence-electron chi connectivity index (χ4n) is 3.34. The van der Waals surface area contributed by atoms with Crippen LogP contribution in [0.15, 0.2) is 28.8 Å². The number of hydrogen-bond donors (Lipinski definition) is 1. The number of carbonyl (C=O) groups excluding carboxylic acids is 1. The van der Waals surface area contributed by atoms with Crippen LogP contribution in [0.2, 0.25) is 0 Å². The van der Waals surface area contributed by atoms with Crippen molar-refractivity contribution in [3.05, 3.63) is 35.3 Å². The number of carboxylic acids is 1. The second kappa shape index (κ2) is 8.31. The minimum Gasteiger partial charge on any atom is -0.477 e. The first kappa shape index (κ1) is 19.7. The topological polar surface area (TPSA) is 64.1 Å². The highest BCUT2D eigenvalue weighted by Gasteiger charge is 2.26. The van der Waals surface area contributed by atoms with E-state index in [4.69, 9.17) is 0 Å². The number of fused-ring (bicyclic) bond motifs is 2. The Labute approximate surface area is 162 Å². The molecule has 8 heteroatoms. The SMILES string of the molecule is CN1/C=C(/C(=O)O)C(=O)c2cc(F)c(N3CCCN(C)CC3)c(c2)SCC1. The van der Waals surface area contributed by atoms with E-state index in [1.165, 1.54) is 24.0 Å². The number of likely N-dealkylation sites (N-methyl/N-ethyl adjacent to an activating group) is 1. The van der Waals surface area contributed by atoms with Crippen LogP contribution < -0.4 is 4.90 Å². The number of carboxylic acid groups (broad SMARTS) is 1.